The lowest BCUT2D eigenvalue weighted by molar-refractivity contribution is -0.142. The molecule has 0 spiro atoms. The van der Waals surface area contributed by atoms with E-state index in [9.17, 15) is 9.90 Å². The molecule has 0 fully saturated rings. The monoisotopic (exact) mass is 296 g/mol. The van der Waals surface area contributed by atoms with Crippen molar-refractivity contribution in [2.24, 2.45) is 0 Å². The molecule has 0 aliphatic rings. The molecule has 1 N–H and O–H groups in total. The SMILES string of the molecule is COC[C@@H](COC(=O)/C=C/c1ccc(O)c(OC)c1)OC. The predicted octanol–water partition coefficient (Wildman–Crippen LogP) is 1.62. The van der Waals surface area contributed by atoms with Crippen LogP contribution in [0.5, 0.6) is 11.5 Å². The Labute approximate surface area is 123 Å². The molecule has 0 saturated heterocycles. The van der Waals surface area contributed by atoms with Crippen molar-refractivity contribution >= 4 is 12.0 Å². The quantitative estimate of drug-likeness (QED) is 0.580. The van der Waals surface area contributed by atoms with Gasteiger partial charge in [0.05, 0.1) is 13.7 Å². The summed E-state index contributed by atoms with van der Waals surface area (Å²) in [4.78, 5) is 11.6. The lowest BCUT2D eigenvalue weighted by Crippen LogP contribution is -2.24. The van der Waals surface area contributed by atoms with E-state index in [1.165, 1.54) is 26.4 Å². The van der Waals surface area contributed by atoms with Crippen molar-refractivity contribution in [1.29, 1.82) is 0 Å². The summed E-state index contributed by atoms with van der Waals surface area (Å²) in [6, 6.07) is 4.76. The molecule has 0 radical (unpaired) electrons. The molecule has 0 bridgehead atoms. The highest BCUT2D eigenvalue weighted by molar-refractivity contribution is 5.87. The summed E-state index contributed by atoms with van der Waals surface area (Å²) >= 11 is 0. The van der Waals surface area contributed by atoms with Gasteiger partial charge in [-0.1, -0.05) is 6.07 Å². The molecule has 0 saturated carbocycles. The van der Waals surface area contributed by atoms with Gasteiger partial charge in [0.2, 0.25) is 0 Å². The minimum atomic E-state index is -0.486. The predicted molar refractivity (Wildman–Crippen MR) is 77.3 cm³/mol. The number of aromatic hydroxyl groups is 1. The Balaban J connectivity index is 2.54. The third kappa shape index (κ3) is 5.85. The average Bonchev–Trinajstić information content (AvgIpc) is 2.50. The van der Waals surface area contributed by atoms with E-state index in [1.807, 2.05) is 0 Å². The molecule has 21 heavy (non-hydrogen) atoms. The van der Waals surface area contributed by atoms with Crippen LogP contribution in [-0.4, -0.2) is 51.7 Å². The highest BCUT2D eigenvalue weighted by Gasteiger charge is 2.09. The number of carbonyl (C=O) groups excluding carboxylic acids is 1. The van der Waals surface area contributed by atoms with Crippen LogP contribution < -0.4 is 4.74 Å². The standard InChI is InChI=1S/C15H20O6/c1-18-9-12(19-2)10-21-15(17)7-5-11-4-6-13(16)14(8-11)20-3/h4-8,12,16H,9-10H2,1-3H3/b7-5+/t12-/m0/s1. The molecule has 1 aromatic rings. The van der Waals surface area contributed by atoms with Gasteiger partial charge in [-0.25, -0.2) is 4.79 Å². The van der Waals surface area contributed by atoms with Crippen molar-refractivity contribution in [3.05, 3.63) is 29.8 Å². The number of hydrogen-bond acceptors (Lipinski definition) is 6. The van der Waals surface area contributed by atoms with Gasteiger partial charge in [0, 0.05) is 20.3 Å². The maximum Gasteiger partial charge on any atom is 0.330 e. The molecule has 0 aliphatic carbocycles. The third-order valence-corrected chi connectivity index (χ3v) is 2.71. The molecule has 6 heteroatoms. The zero-order valence-electron chi connectivity index (χ0n) is 12.4. The molecule has 1 aromatic carbocycles. The minimum Gasteiger partial charge on any atom is -0.504 e. The second-order valence-electron chi connectivity index (χ2n) is 4.21. The highest BCUT2D eigenvalue weighted by Crippen LogP contribution is 2.26. The van der Waals surface area contributed by atoms with Crippen LogP contribution in [0, 0.1) is 0 Å². The zero-order chi connectivity index (χ0) is 15.7. The first-order valence-electron chi connectivity index (χ1n) is 6.34. The number of phenolic OH excluding ortho intramolecular Hbond substituents is 1. The minimum absolute atomic E-state index is 0.0414. The Hall–Kier alpha value is -2.05. The van der Waals surface area contributed by atoms with Crippen LogP contribution in [0.1, 0.15) is 5.56 Å². The number of phenols is 1. The second-order valence-corrected chi connectivity index (χ2v) is 4.21. The van der Waals surface area contributed by atoms with Crippen LogP contribution in [0.3, 0.4) is 0 Å². The Bertz CT molecular complexity index is 483. The Morgan fingerprint density at radius 3 is 2.67 bits per heavy atom. The van der Waals surface area contributed by atoms with E-state index in [-0.39, 0.29) is 18.5 Å². The molecule has 116 valence electrons. The molecule has 6 nitrogen and oxygen atoms in total. The highest BCUT2D eigenvalue weighted by atomic mass is 16.6. The molecule has 0 amide bonds. The van der Waals surface area contributed by atoms with Crippen molar-refractivity contribution < 1.29 is 28.8 Å². The summed E-state index contributed by atoms with van der Waals surface area (Å²) in [5, 5.41) is 9.47. The van der Waals surface area contributed by atoms with Gasteiger partial charge in [-0.3, -0.25) is 0 Å². The van der Waals surface area contributed by atoms with E-state index in [2.05, 4.69) is 0 Å². The number of esters is 1. The lowest BCUT2D eigenvalue weighted by Gasteiger charge is -2.13. The maximum atomic E-state index is 11.6. The van der Waals surface area contributed by atoms with Crippen molar-refractivity contribution in [3.63, 3.8) is 0 Å². The van der Waals surface area contributed by atoms with E-state index in [0.717, 1.165) is 0 Å². The zero-order valence-corrected chi connectivity index (χ0v) is 12.4. The number of rotatable bonds is 8. The van der Waals surface area contributed by atoms with Crippen LogP contribution >= 0.6 is 0 Å². The van der Waals surface area contributed by atoms with Crippen molar-refractivity contribution in [1.82, 2.24) is 0 Å². The number of hydrogen-bond donors (Lipinski definition) is 1. The average molecular weight is 296 g/mol. The largest absolute Gasteiger partial charge is 0.504 e. The van der Waals surface area contributed by atoms with Gasteiger partial charge in [-0.2, -0.15) is 0 Å². The van der Waals surface area contributed by atoms with Crippen LogP contribution in [0.4, 0.5) is 0 Å². The lowest BCUT2D eigenvalue weighted by atomic mass is 10.2. The van der Waals surface area contributed by atoms with Gasteiger partial charge in [0.15, 0.2) is 11.5 Å². The first-order chi connectivity index (χ1) is 10.1. The fourth-order valence-corrected chi connectivity index (χ4v) is 1.56. The summed E-state index contributed by atoms with van der Waals surface area (Å²) < 4.78 is 20.0. The van der Waals surface area contributed by atoms with Gasteiger partial charge in [0.25, 0.3) is 0 Å². The molecule has 0 unspecified atom stereocenters. The van der Waals surface area contributed by atoms with Crippen molar-refractivity contribution in [2.75, 3.05) is 34.5 Å². The molecule has 0 aliphatic heterocycles. The van der Waals surface area contributed by atoms with Gasteiger partial charge < -0.3 is 24.1 Å². The van der Waals surface area contributed by atoms with Gasteiger partial charge in [0.1, 0.15) is 12.7 Å². The summed E-state index contributed by atoms with van der Waals surface area (Å²) in [5.41, 5.74) is 0.710. The van der Waals surface area contributed by atoms with Crippen LogP contribution in [0.15, 0.2) is 24.3 Å². The first kappa shape index (κ1) is 17.0. The summed E-state index contributed by atoms with van der Waals surface area (Å²) in [6.07, 6.45) is 2.58. The molecular formula is C15H20O6. The normalized spacial score (nSPS) is 12.3. The number of benzene rings is 1. The van der Waals surface area contributed by atoms with Crippen LogP contribution in [-0.2, 0) is 19.0 Å². The van der Waals surface area contributed by atoms with Crippen molar-refractivity contribution in [3.8, 4) is 11.5 Å². The first-order valence-corrected chi connectivity index (χ1v) is 6.34. The van der Waals surface area contributed by atoms with Crippen LogP contribution in [0.25, 0.3) is 6.08 Å². The summed E-state index contributed by atoms with van der Waals surface area (Å²) in [5.74, 6) is -0.106. The fourth-order valence-electron chi connectivity index (χ4n) is 1.56. The van der Waals surface area contributed by atoms with Gasteiger partial charge >= 0.3 is 5.97 Å². The summed E-state index contributed by atoms with van der Waals surface area (Å²) in [7, 11) is 4.53. The Kier molecular flexibility index (Phi) is 7.28. The molecule has 0 heterocycles. The smallest absolute Gasteiger partial charge is 0.330 e. The number of carbonyl (C=O) groups is 1. The maximum absolute atomic E-state index is 11.6. The fraction of sp³-hybridized carbons (Fsp3) is 0.400. The third-order valence-electron chi connectivity index (χ3n) is 2.71. The van der Waals surface area contributed by atoms with E-state index in [1.54, 1.807) is 25.3 Å². The molecular weight excluding hydrogens is 276 g/mol. The van der Waals surface area contributed by atoms with Gasteiger partial charge in [-0.05, 0) is 23.8 Å². The van der Waals surface area contributed by atoms with E-state index in [4.69, 9.17) is 18.9 Å². The van der Waals surface area contributed by atoms with E-state index >= 15 is 0 Å². The number of ether oxygens (including phenoxy) is 4. The molecule has 0 aromatic heterocycles. The van der Waals surface area contributed by atoms with E-state index < -0.39 is 5.97 Å². The number of methoxy groups -OCH3 is 3. The molecule has 1 atom stereocenters. The molecule has 1 rings (SSSR count). The van der Waals surface area contributed by atoms with Crippen molar-refractivity contribution in [2.45, 2.75) is 6.10 Å². The van der Waals surface area contributed by atoms with Gasteiger partial charge in [-0.15, -0.1) is 0 Å². The summed E-state index contributed by atoms with van der Waals surface area (Å²) in [6.45, 7) is 0.467. The Morgan fingerprint density at radius 1 is 1.29 bits per heavy atom. The van der Waals surface area contributed by atoms with Crippen LogP contribution in [0.2, 0.25) is 0 Å². The Morgan fingerprint density at radius 2 is 2.05 bits per heavy atom. The van der Waals surface area contributed by atoms with E-state index in [0.29, 0.717) is 17.9 Å². The topological polar surface area (TPSA) is 74.2 Å². The second kappa shape index (κ2) is 8.99.